The Balaban J connectivity index is 4.34. The fraction of sp³-hybridized carbons (Fsp3) is 0.750. The molecule has 0 aromatic carbocycles. The molecule has 0 atom stereocenters. The third-order valence-electron chi connectivity index (χ3n) is 1.62. The molecule has 0 aliphatic carbocycles. The molecular weight excluding hydrogens is 162 g/mol. The first-order valence-electron chi connectivity index (χ1n) is 3.69. The Labute approximate surface area is 68.3 Å². The molecule has 0 saturated carbocycles. The number of alkyl halides is 2. The van der Waals surface area contributed by atoms with Gasteiger partial charge in [-0.05, 0) is 6.92 Å². The zero-order valence-electron chi connectivity index (χ0n) is 7.67. The normalized spacial score (nSPS) is 13.3. The molecule has 0 aromatic rings. The lowest BCUT2D eigenvalue weighted by molar-refractivity contribution is 0.0821. The van der Waals surface area contributed by atoms with E-state index in [1.165, 1.54) is 0 Å². The minimum Gasteiger partial charge on any atom is -0.212 e. The highest BCUT2D eigenvalue weighted by Gasteiger charge is 2.44. The summed E-state index contributed by atoms with van der Waals surface area (Å²) in [5.74, 6) is 0. The van der Waals surface area contributed by atoms with Crippen molar-refractivity contribution in [3.8, 4) is 0 Å². The van der Waals surface area contributed by atoms with Gasteiger partial charge in [0.25, 0.3) is 0 Å². The van der Waals surface area contributed by atoms with Gasteiger partial charge in [-0.3, -0.25) is 0 Å². The molecule has 0 aliphatic heterocycles. The molecule has 3 heteroatoms. The van der Waals surface area contributed by atoms with E-state index in [-0.39, 0.29) is 6.42 Å². The number of rotatable bonds is 3. The molecule has 0 radical (unpaired) electrons. The van der Waals surface area contributed by atoms with Crippen LogP contribution in [-0.4, -0.2) is 13.6 Å². The summed E-state index contributed by atoms with van der Waals surface area (Å²) >= 11 is 0. The highest BCUT2D eigenvalue weighted by molar-refractivity contribution is 6.78. The topological polar surface area (TPSA) is 0 Å². The summed E-state index contributed by atoms with van der Waals surface area (Å²) in [5.41, 5.74) is -1.93. The van der Waals surface area contributed by atoms with Crippen LogP contribution in [0.5, 0.6) is 0 Å². The lowest BCUT2D eigenvalue weighted by atomic mass is 10.2. The van der Waals surface area contributed by atoms with Gasteiger partial charge in [0.15, 0.2) is 0 Å². The first kappa shape index (κ1) is 10.8. The van der Waals surface area contributed by atoms with Gasteiger partial charge >= 0.3 is 0 Å². The van der Waals surface area contributed by atoms with E-state index in [9.17, 15) is 8.78 Å². The molecule has 0 amide bonds. The molecule has 11 heavy (non-hydrogen) atoms. The van der Waals surface area contributed by atoms with Gasteiger partial charge in [0.1, 0.15) is 8.07 Å². The average Bonchev–Trinajstić information content (AvgIpc) is 1.56. The molecule has 0 aliphatic rings. The van der Waals surface area contributed by atoms with Crippen LogP contribution in [-0.2, 0) is 0 Å². The second-order valence-electron chi connectivity index (χ2n) is 4.09. The number of hydrogen-bond acceptors (Lipinski definition) is 0. The van der Waals surface area contributed by atoms with Crippen molar-refractivity contribution in [3.63, 3.8) is 0 Å². The van der Waals surface area contributed by atoms with Crippen molar-refractivity contribution in [2.45, 2.75) is 38.5 Å². The monoisotopic (exact) mass is 178 g/mol. The lowest BCUT2D eigenvalue weighted by Gasteiger charge is -2.28. The molecule has 0 unspecified atom stereocenters. The highest BCUT2D eigenvalue weighted by atomic mass is 28.3. The van der Waals surface area contributed by atoms with Crippen molar-refractivity contribution in [1.29, 1.82) is 0 Å². The highest BCUT2D eigenvalue weighted by Crippen LogP contribution is 2.32. The number of allylic oxidation sites excluding steroid dienone is 1. The van der Waals surface area contributed by atoms with Gasteiger partial charge in [0.05, 0.1) is 0 Å². The van der Waals surface area contributed by atoms with E-state index in [0.29, 0.717) is 5.57 Å². The molecule has 66 valence electrons. The van der Waals surface area contributed by atoms with Gasteiger partial charge in [-0.25, -0.2) is 8.78 Å². The minimum atomic E-state index is -2.50. The van der Waals surface area contributed by atoms with E-state index >= 15 is 0 Å². The standard InChI is InChI=1S/C8H16F2Si/c1-7(2)6-8(9,10)11(3,4)5/h1,6H2,2-5H3. The summed E-state index contributed by atoms with van der Waals surface area (Å²) in [4.78, 5) is 0. The third kappa shape index (κ3) is 3.14. The van der Waals surface area contributed by atoms with Crippen molar-refractivity contribution < 1.29 is 8.78 Å². The fourth-order valence-electron chi connectivity index (χ4n) is 0.644. The molecule has 0 aromatic heterocycles. The summed E-state index contributed by atoms with van der Waals surface area (Å²) < 4.78 is 26.4. The molecule has 0 rings (SSSR count). The van der Waals surface area contributed by atoms with Gasteiger partial charge in [-0.2, -0.15) is 0 Å². The summed E-state index contributed by atoms with van der Waals surface area (Å²) in [6.07, 6.45) is -0.150. The van der Waals surface area contributed by atoms with Crippen molar-refractivity contribution in [1.82, 2.24) is 0 Å². The van der Waals surface area contributed by atoms with Gasteiger partial charge in [0, 0.05) is 6.42 Å². The molecule has 0 nitrogen and oxygen atoms in total. The Hall–Kier alpha value is -0.183. The van der Waals surface area contributed by atoms with E-state index in [2.05, 4.69) is 6.58 Å². The molecule has 0 bridgehead atoms. The van der Waals surface area contributed by atoms with Gasteiger partial charge in [-0.1, -0.05) is 31.8 Å². The zero-order valence-corrected chi connectivity index (χ0v) is 8.67. The van der Waals surface area contributed by atoms with Gasteiger partial charge in [0.2, 0.25) is 5.55 Å². The molecule has 0 saturated heterocycles. The van der Waals surface area contributed by atoms with Crippen LogP contribution >= 0.6 is 0 Å². The molecular formula is C8H16F2Si. The Morgan fingerprint density at radius 2 is 1.73 bits per heavy atom. The zero-order chi connectivity index (χ0) is 9.28. The number of halogens is 2. The average molecular weight is 178 g/mol. The predicted octanol–water partition coefficient (Wildman–Crippen LogP) is 3.47. The van der Waals surface area contributed by atoms with E-state index in [0.717, 1.165) is 0 Å². The van der Waals surface area contributed by atoms with Crippen molar-refractivity contribution in [2.75, 3.05) is 0 Å². The maximum atomic E-state index is 13.2. The van der Waals surface area contributed by atoms with Crippen LogP contribution in [0, 0.1) is 0 Å². The molecule has 0 heterocycles. The van der Waals surface area contributed by atoms with Crippen molar-refractivity contribution in [3.05, 3.63) is 12.2 Å². The maximum absolute atomic E-state index is 13.2. The van der Waals surface area contributed by atoms with Crippen LogP contribution in [0.3, 0.4) is 0 Å². The molecule has 0 spiro atoms. The third-order valence-corrected chi connectivity index (χ3v) is 3.99. The summed E-state index contributed by atoms with van der Waals surface area (Å²) in [6.45, 7) is 10.2. The summed E-state index contributed by atoms with van der Waals surface area (Å²) in [5, 5.41) is 0. The molecule has 0 fully saturated rings. The largest absolute Gasteiger partial charge is 0.232 e. The number of hydrogen-bond donors (Lipinski definition) is 0. The van der Waals surface area contributed by atoms with E-state index < -0.39 is 13.6 Å². The SMILES string of the molecule is C=C(C)CC(F)(F)[Si](C)(C)C. The van der Waals surface area contributed by atoms with E-state index in [1.807, 2.05) is 0 Å². The second kappa shape index (κ2) is 3.05. The van der Waals surface area contributed by atoms with Crippen LogP contribution in [0.25, 0.3) is 0 Å². The van der Waals surface area contributed by atoms with Crippen LogP contribution in [0.1, 0.15) is 13.3 Å². The Kier molecular flexibility index (Phi) is 3.00. The summed E-state index contributed by atoms with van der Waals surface area (Å²) in [7, 11) is -2.34. The Morgan fingerprint density at radius 3 is 1.82 bits per heavy atom. The smallest absolute Gasteiger partial charge is 0.212 e. The van der Waals surface area contributed by atoms with Crippen molar-refractivity contribution >= 4 is 8.07 Å². The van der Waals surface area contributed by atoms with Crippen LogP contribution in [0.15, 0.2) is 12.2 Å². The second-order valence-corrected chi connectivity index (χ2v) is 9.32. The van der Waals surface area contributed by atoms with E-state index in [4.69, 9.17) is 0 Å². The van der Waals surface area contributed by atoms with Crippen LogP contribution in [0.4, 0.5) is 8.78 Å². The molecule has 0 N–H and O–H groups in total. The van der Waals surface area contributed by atoms with E-state index in [1.54, 1.807) is 26.6 Å². The first-order valence-corrected chi connectivity index (χ1v) is 7.19. The lowest BCUT2D eigenvalue weighted by Crippen LogP contribution is -2.44. The maximum Gasteiger partial charge on any atom is 0.232 e. The van der Waals surface area contributed by atoms with Gasteiger partial charge in [-0.15, -0.1) is 0 Å². The Bertz CT molecular complexity index is 156. The first-order chi connectivity index (χ1) is 4.67. The summed E-state index contributed by atoms with van der Waals surface area (Å²) in [6, 6.07) is 0. The predicted molar refractivity (Wildman–Crippen MR) is 47.7 cm³/mol. The van der Waals surface area contributed by atoms with Gasteiger partial charge < -0.3 is 0 Å². The van der Waals surface area contributed by atoms with Crippen LogP contribution < -0.4 is 0 Å². The quantitative estimate of drug-likeness (QED) is 0.458. The Morgan fingerprint density at radius 1 is 1.36 bits per heavy atom. The van der Waals surface area contributed by atoms with Crippen molar-refractivity contribution in [2.24, 2.45) is 0 Å². The minimum absolute atomic E-state index is 0.150. The van der Waals surface area contributed by atoms with Crippen LogP contribution in [0.2, 0.25) is 19.6 Å². The fourth-order valence-corrected chi connectivity index (χ4v) is 1.48.